The molecule has 0 aliphatic carbocycles. The van der Waals surface area contributed by atoms with E-state index >= 15 is 0 Å². The van der Waals surface area contributed by atoms with E-state index in [1.165, 1.54) is 37.4 Å². The highest BCUT2D eigenvalue weighted by Crippen LogP contribution is 2.39. The third kappa shape index (κ3) is 10.9. The fourth-order valence-electron chi connectivity index (χ4n) is 6.43. The summed E-state index contributed by atoms with van der Waals surface area (Å²) in [6, 6.07) is 4.91. The van der Waals surface area contributed by atoms with Crippen LogP contribution in [-0.4, -0.2) is 105 Å². The topological polar surface area (TPSA) is 299 Å². The van der Waals surface area contributed by atoms with Crippen molar-refractivity contribution in [1.82, 2.24) is 20.5 Å². The molecule has 1 aliphatic heterocycles. The lowest BCUT2D eigenvalue weighted by Crippen LogP contribution is -2.64. The zero-order valence-corrected chi connectivity index (χ0v) is 30.0. The van der Waals surface area contributed by atoms with E-state index in [-0.39, 0.29) is 55.9 Å². The van der Waals surface area contributed by atoms with Gasteiger partial charge < -0.3 is 48.4 Å². The number of unbranched alkanes of at least 4 members (excludes halogenated alkanes) is 3. The van der Waals surface area contributed by atoms with Crippen molar-refractivity contribution in [1.29, 1.82) is 0 Å². The van der Waals surface area contributed by atoms with E-state index in [4.69, 9.17) is 23.0 Å². The Hall–Kier alpha value is -4.81. The van der Waals surface area contributed by atoms with Crippen LogP contribution in [0.3, 0.4) is 0 Å². The Labute approximate surface area is 308 Å². The Kier molecular flexibility index (Phi) is 16.4. The Morgan fingerprint density at radius 3 is 2.25 bits per heavy atom. The van der Waals surface area contributed by atoms with Crippen LogP contribution in [0.15, 0.2) is 42.6 Å². The lowest BCUT2D eigenvalue weighted by Gasteiger charge is -2.37. The molecule has 1 radical (unpaired) electrons. The largest absolute Gasteiger partial charge is 0.508 e. The van der Waals surface area contributed by atoms with Crippen molar-refractivity contribution in [2.45, 2.75) is 94.5 Å². The molecule has 17 nitrogen and oxygen atoms in total. The van der Waals surface area contributed by atoms with E-state index in [9.17, 15) is 39.0 Å². The maximum Gasteiger partial charge on any atom is 0.246 e. The van der Waals surface area contributed by atoms with Crippen molar-refractivity contribution >= 4 is 41.4 Å². The van der Waals surface area contributed by atoms with E-state index in [0.717, 1.165) is 4.90 Å². The average Bonchev–Trinajstić information content (AvgIpc) is 3.55. The number of anilines is 1. The molecule has 53 heavy (non-hydrogen) atoms. The summed E-state index contributed by atoms with van der Waals surface area (Å²) in [6.07, 6.45) is 3.88. The highest BCUT2D eigenvalue weighted by atomic mass is 16.3. The number of ketones is 2. The molecule has 2 heterocycles. The van der Waals surface area contributed by atoms with Crippen molar-refractivity contribution in [2.75, 3.05) is 25.1 Å². The maximum atomic E-state index is 14.5. The molecule has 0 bridgehead atoms. The molecule has 1 aromatic heterocycles. The number of aliphatic hydroxyl groups excluding tert-OH is 1. The quantitative estimate of drug-likeness (QED) is 0.0232. The molecule has 13 N–H and O–H groups in total. The lowest BCUT2D eigenvalue weighted by molar-refractivity contribution is -0.144. The number of aliphatic hydroxyl groups is 1. The second-order valence-corrected chi connectivity index (χ2v) is 13.2. The van der Waals surface area contributed by atoms with Gasteiger partial charge in [-0.25, -0.2) is 10.8 Å². The predicted molar refractivity (Wildman–Crippen MR) is 195 cm³/mol. The molecule has 2 aromatic rings. The first-order valence-electron chi connectivity index (χ1n) is 17.8. The van der Waals surface area contributed by atoms with Gasteiger partial charge in [0.15, 0.2) is 17.1 Å². The molecule has 3 amide bonds. The molecule has 1 fully saturated rings. The lowest BCUT2D eigenvalue weighted by atomic mass is 9.76. The number of hydrazine groups is 1. The summed E-state index contributed by atoms with van der Waals surface area (Å²) < 4.78 is 0. The Balaban J connectivity index is 1.92. The van der Waals surface area contributed by atoms with E-state index in [1.54, 1.807) is 18.4 Å². The summed E-state index contributed by atoms with van der Waals surface area (Å²) in [5.41, 5.74) is 18.2. The summed E-state index contributed by atoms with van der Waals surface area (Å²) in [4.78, 5) is 87.4. The highest BCUT2D eigenvalue weighted by molar-refractivity contribution is 6.14. The van der Waals surface area contributed by atoms with Crippen molar-refractivity contribution in [3.63, 3.8) is 0 Å². The second-order valence-electron chi connectivity index (χ2n) is 13.2. The predicted octanol–water partition coefficient (Wildman–Crippen LogP) is -0.910. The van der Waals surface area contributed by atoms with Crippen molar-refractivity contribution in [3.05, 3.63) is 53.7 Å². The Bertz CT molecular complexity index is 1560. The molecule has 289 valence electrons. The second kappa shape index (κ2) is 20.4. The monoisotopic (exact) mass is 738 g/mol. The number of aromatic nitrogens is 1. The van der Waals surface area contributed by atoms with Crippen LogP contribution in [0.2, 0.25) is 0 Å². The smallest absolute Gasteiger partial charge is 0.246 e. The van der Waals surface area contributed by atoms with Gasteiger partial charge in [0.1, 0.15) is 23.7 Å². The number of amides is 3. The number of Topliss-reactive ketones (excluding diaryl/α,β-unsaturated/α-hetero) is 2. The van der Waals surface area contributed by atoms with Gasteiger partial charge in [0, 0.05) is 24.7 Å². The van der Waals surface area contributed by atoms with E-state index in [2.05, 4.69) is 21.0 Å². The molecule has 0 saturated carbocycles. The fourth-order valence-corrected chi connectivity index (χ4v) is 6.43. The first-order valence-corrected chi connectivity index (χ1v) is 17.8. The van der Waals surface area contributed by atoms with Crippen LogP contribution >= 0.6 is 0 Å². The number of carbonyl (C=O) groups is 5. The molecule has 17 heteroatoms. The third-order valence-electron chi connectivity index (χ3n) is 9.39. The number of hydrogen-bond acceptors (Lipinski definition) is 14. The minimum absolute atomic E-state index is 0.0226. The molecular weight excluding hydrogens is 686 g/mol. The van der Waals surface area contributed by atoms with Crippen LogP contribution in [0.1, 0.15) is 74.2 Å². The van der Waals surface area contributed by atoms with Gasteiger partial charge in [-0.3, -0.25) is 28.8 Å². The van der Waals surface area contributed by atoms with E-state index < -0.39 is 65.0 Å². The first kappa shape index (κ1) is 42.6. The van der Waals surface area contributed by atoms with Gasteiger partial charge in [0.25, 0.3) is 0 Å². The number of nitrogens with one attached hydrogen (secondary N) is 3. The Morgan fingerprint density at radius 1 is 0.981 bits per heavy atom. The number of carbonyl (C=O) groups excluding carboxylic acids is 6. The average molecular weight is 739 g/mol. The molecule has 1 aromatic carbocycles. The standard InChI is InChI=1S/C36H52N9O8/c1-22(47)31(43-33(51)27(39)19-23-9-12-25(48)13-10-23)34(52)42-28(7-4-6-17-38)35(53)45-18-15-26(32(50)24-11-14-30(44-40)41-20-24)36(45,21-46)29(49)8-3-2-5-16-37/h9-14,20,22,26-28,31,47-48H,2-8,15-19,37-40H2,1H3,(H,41,44)(H,42,52)(H,43,51)/t22-,26?,27+,28+,31+,36-/m1/s1. The van der Waals surface area contributed by atoms with E-state index in [1.807, 2.05) is 0 Å². The molecule has 1 saturated heterocycles. The number of nitrogens with two attached hydrogens (primary N) is 4. The summed E-state index contributed by atoms with van der Waals surface area (Å²) in [5.74, 6) is 0.644. The maximum absolute atomic E-state index is 14.5. The third-order valence-corrected chi connectivity index (χ3v) is 9.39. The summed E-state index contributed by atoms with van der Waals surface area (Å²) in [7, 11) is 0. The van der Waals surface area contributed by atoms with Gasteiger partial charge in [-0.1, -0.05) is 18.6 Å². The van der Waals surface area contributed by atoms with Gasteiger partial charge in [-0.05, 0) is 94.8 Å². The highest BCUT2D eigenvalue weighted by Gasteiger charge is 2.60. The molecule has 6 atom stereocenters. The summed E-state index contributed by atoms with van der Waals surface area (Å²) >= 11 is 0. The van der Waals surface area contributed by atoms with Crippen LogP contribution in [0.5, 0.6) is 5.75 Å². The minimum atomic E-state index is -2.31. The minimum Gasteiger partial charge on any atom is -0.508 e. The Morgan fingerprint density at radius 2 is 1.66 bits per heavy atom. The van der Waals surface area contributed by atoms with Crippen LogP contribution in [0.4, 0.5) is 5.82 Å². The number of nitrogens with zero attached hydrogens (tertiary/aromatic N) is 2. The van der Waals surface area contributed by atoms with Gasteiger partial charge in [-0.2, -0.15) is 0 Å². The number of likely N-dealkylation sites (tertiary alicyclic amines) is 1. The van der Waals surface area contributed by atoms with Gasteiger partial charge in [0.05, 0.1) is 18.1 Å². The number of nitrogen functional groups attached to an aromatic ring is 1. The fraction of sp³-hybridized carbons (Fsp3) is 0.528. The van der Waals surface area contributed by atoms with Crippen molar-refractivity contribution < 1.29 is 39.0 Å². The van der Waals surface area contributed by atoms with Crippen molar-refractivity contribution in [2.24, 2.45) is 29.0 Å². The van der Waals surface area contributed by atoms with Gasteiger partial charge in [0.2, 0.25) is 24.0 Å². The number of benzene rings is 1. The molecule has 1 unspecified atom stereocenters. The molecule has 0 spiro atoms. The van der Waals surface area contributed by atoms with Crippen LogP contribution < -0.4 is 39.1 Å². The number of phenolic OH excluding ortho intramolecular Hbond substituents is 1. The number of phenols is 1. The van der Waals surface area contributed by atoms with E-state index in [0.29, 0.717) is 44.2 Å². The van der Waals surface area contributed by atoms with Crippen LogP contribution in [0, 0.1) is 5.92 Å². The number of aromatic hydroxyl groups is 1. The van der Waals surface area contributed by atoms with Gasteiger partial charge >= 0.3 is 0 Å². The number of rotatable bonds is 22. The molecular formula is C36H52N9O8. The zero-order chi connectivity index (χ0) is 39.1. The van der Waals surface area contributed by atoms with Crippen molar-refractivity contribution in [3.8, 4) is 5.75 Å². The zero-order valence-electron chi connectivity index (χ0n) is 30.0. The van der Waals surface area contributed by atoms with Gasteiger partial charge in [-0.15, -0.1) is 0 Å². The van der Waals surface area contributed by atoms with Crippen LogP contribution in [-0.2, 0) is 30.4 Å². The first-order chi connectivity index (χ1) is 25.3. The summed E-state index contributed by atoms with van der Waals surface area (Å²) in [6.45, 7) is 1.77. The normalized spacial score (nSPS) is 19.1. The molecule has 3 rings (SSSR count). The number of hydrogen-bond donors (Lipinski definition) is 9. The van der Waals surface area contributed by atoms with Crippen LogP contribution in [0.25, 0.3) is 0 Å². The molecule has 1 aliphatic rings. The summed E-state index contributed by atoms with van der Waals surface area (Å²) in [5, 5.41) is 25.1. The SMILES string of the molecule is C[C@@H](O)[C@H](NC(=O)[C@@H](N)Cc1ccc(O)cc1)C(=O)N[C@@H](CCCCN)C(=O)N1CCC(C(=O)c2ccc(NN)nc2)[C@]1([C]=O)C(=O)CCCCCN. The number of pyridine rings is 1.